The van der Waals surface area contributed by atoms with Gasteiger partial charge in [-0.25, -0.2) is 4.98 Å². The second-order valence-corrected chi connectivity index (χ2v) is 4.97. The number of methoxy groups -OCH3 is 1. The lowest BCUT2D eigenvalue weighted by atomic mass is 10.0. The number of phenols is 1. The van der Waals surface area contributed by atoms with E-state index in [1.54, 1.807) is 12.3 Å². The second-order valence-electron chi connectivity index (χ2n) is 3.83. The summed E-state index contributed by atoms with van der Waals surface area (Å²) in [5.74, 6) is 0.254. The van der Waals surface area contributed by atoms with Crippen LogP contribution in [-0.4, -0.2) is 22.2 Å². The van der Waals surface area contributed by atoms with Crippen molar-refractivity contribution >= 4 is 35.4 Å². The summed E-state index contributed by atoms with van der Waals surface area (Å²) in [5, 5.41) is 10.3. The van der Waals surface area contributed by atoms with Crippen LogP contribution in [0.2, 0.25) is 10.0 Å². The molecule has 19 heavy (non-hydrogen) atoms. The lowest BCUT2D eigenvalue weighted by molar-refractivity contribution is 0.413. The van der Waals surface area contributed by atoms with Crippen molar-refractivity contribution in [1.82, 2.24) is 9.97 Å². The van der Waals surface area contributed by atoms with E-state index >= 15 is 0 Å². The third-order valence-electron chi connectivity index (χ3n) is 2.67. The predicted octanol–water partition coefficient (Wildman–Crippen LogP) is 4.14. The molecule has 1 aromatic heterocycles. The number of hydrogen-bond acceptors (Lipinski definition) is 4. The number of halogens is 2. The third-order valence-corrected chi connectivity index (χ3v) is 3.71. The van der Waals surface area contributed by atoms with Crippen molar-refractivity contribution in [1.29, 1.82) is 0 Å². The van der Waals surface area contributed by atoms with Crippen LogP contribution < -0.4 is 4.74 Å². The summed E-state index contributed by atoms with van der Waals surface area (Å²) in [6, 6.07) is 1.60. The van der Waals surface area contributed by atoms with Crippen LogP contribution >= 0.6 is 35.4 Å². The van der Waals surface area contributed by atoms with E-state index in [1.807, 2.05) is 6.92 Å². The highest BCUT2D eigenvalue weighted by atomic mass is 35.5. The predicted molar refractivity (Wildman–Crippen MR) is 77.8 cm³/mol. The minimum absolute atomic E-state index is 0.0397. The molecule has 0 aliphatic heterocycles. The summed E-state index contributed by atoms with van der Waals surface area (Å²) >= 11 is 16.9. The highest BCUT2D eigenvalue weighted by Crippen LogP contribution is 2.45. The Bertz CT molecular complexity index is 701. The number of benzene rings is 1. The Hall–Kier alpha value is -1.30. The summed E-state index contributed by atoms with van der Waals surface area (Å²) in [6.45, 7) is 1.82. The van der Waals surface area contributed by atoms with E-state index in [1.165, 1.54) is 7.11 Å². The number of ether oxygens (including phenoxy) is 1. The minimum Gasteiger partial charge on any atom is -0.506 e. The molecule has 2 rings (SSSR count). The van der Waals surface area contributed by atoms with Gasteiger partial charge in [-0.2, -0.15) is 0 Å². The van der Waals surface area contributed by atoms with Crippen molar-refractivity contribution in [2.24, 2.45) is 0 Å². The van der Waals surface area contributed by atoms with Gasteiger partial charge in [-0.1, -0.05) is 23.2 Å². The summed E-state index contributed by atoms with van der Waals surface area (Å²) in [4.78, 5) is 6.91. The number of aromatic nitrogens is 2. The van der Waals surface area contributed by atoms with Crippen molar-refractivity contribution in [3.05, 3.63) is 32.8 Å². The molecule has 2 aromatic rings. The van der Waals surface area contributed by atoms with Crippen molar-refractivity contribution in [3.8, 4) is 22.6 Å². The van der Waals surface area contributed by atoms with E-state index < -0.39 is 0 Å². The standard InChI is InChI=1S/C12H10Cl2N2O2S/c1-5-7(4-15-12(19)16-5)6-3-8(18-2)9(13)10(14)11(6)17/h3-4,17H,1-2H3,(H,15,16,19). The first-order valence-electron chi connectivity index (χ1n) is 5.27. The fourth-order valence-electron chi connectivity index (χ4n) is 1.70. The SMILES string of the molecule is COc1cc(-c2cnc(=S)[nH]c2C)c(O)c(Cl)c1Cl. The highest BCUT2D eigenvalue weighted by molar-refractivity contribution is 7.71. The van der Waals surface area contributed by atoms with Crippen molar-refractivity contribution in [2.45, 2.75) is 6.92 Å². The topological polar surface area (TPSA) is 58.1 Å². The van der Waals surface area contributed by atoms with Crippen LogP contribution in [0.5, 0.6) is 11.5 Å². The van der Waals surface area contributed by atoms with Crippen LogP contribution in [0.1, 0.15) is 5.69 Å². The molecular weight excluding hydrogens is 307 g/mol. The van der Waals surface area contributed by atoms with E-state index in [0.717, 1.165) is 5.69 Å². The zero-order valence-electron chi connectivity index (χ0n) is 10.1. The first-order valence-corrected chi connectivity index (χ1v) is 6.43. The van der Waals surface area contributed by atoms with Gasteiger partial charge in [0.2, 0.25) is 0 Å². The molecule has 0 spiro atoms. The third kappa shape index (κ3) is 2.54. The van der Waals surface area contributed by atoms with E-state index in [9.17, 15) is 5.11 Å². The van der Waals surface area contributed by atoms with Gasteiger partial charge in [-0.05, 0) is 25.2 Å². The second kappa shape index (κ2) is 5.36. The molecule has 7 heteroatoms. The Morgan fingerprint density at radius 1 is 1.32 bits per heavy atom. The van der Waals surface area contributed by atoms with Crippen molar-refractivity contribution in [3.63, 3.8) is 0 Å². The largest absolute Gasteiger partial charge is 0.506 e. The van der Waals surface area contributed by atoms with Gasteiger partial charge in [0, 0.05) is 23.0 Å². The molecule has 4 nitrogen and oxygen atoms in total. The zero-order chi connectivity index (χ0) is 14.2. The first-order chi connectivity index (χ1) is 8.95. The molecule has 0 amide bonds. The van der Waals surface area contributed by atoms with Gasteiger partial charge in [0.05, 0.1) is 7.11 Å². The average molecular weight is 317 g/mol. The number of H-pyrrole nitrogens is 1. The molecule has 0 radical (unpaired) electrons. The molecular formula is C12H10Cl2N2O2S. The van der Waals surface area contributed by atoms with Gasteiger partial charge in [0.1, 0.15) is 21.5 Å². The fourth-order valence-corrected chi connectivity index (χ4v) is 2.32. The fraction of sp³-hybridized carbons (Fsp3) is 0.167. The van der Waals surface area contributed by atoms with E-state index in [4.69, 9.17) is 40.2 Å². The molecule has 100 valence electrons. The van der Waals surface area contributed by atoms with Gasteiger partial charge < -0.3 is 14.8 Å². The van der Waals surface area contributed by atoms with Crippen LogP contribution in [0.15, 0.2) is 12.3 Å². The Kier molecular flexibility index (Phi) is 3.99. The van der Waals surface area contributed by atoms with Crippen molar-refractivity contribution < 1.29 is 9.84 Å². The summed E-state index contributed by atoms with van der Waals surface area (Å²) < 4.78 is 5.50. The van der Waals surface area contributed by atoms with Gasteiger partial charge in [0.15, 0.2) is 4.77 Å². The summed E-state index contributed by atoms with van der Waals surface area (Å²) in [5.41, 5.74) is 1.90. The quantitative estimate of drug-likeness (QED) is 0.818. The summed E-state index contributed by atoms with van der Waals surface area (Å²) in [7, 11) is 1.47. The molecule has 0 saturated heterocycles. The van der Waals surface area contributed by atoms with E-state index in [-0.39, 0.29) is 15.8 Å². The molecule has 0 aliphatic rings. The maximum Gasteiger partial charge on any atom is 0.196 e. The van der Waals surface area contributed by atoms with E-state index in [0.29, 0.717) is 21.6 Å². The molecule has 0 atom stereocenters. The van der Waals surface area contributed by atoms with Gasteiger partial charge >= 0.3 is 0 Å². The number of nitrogens with one attached hydrogen (secondary N) is 1. The number of aromatic hydroxyl groups is 1. The van der Waals surface area contributed by atoms with Crippen LogP contribution in [0.25, 0.3) is 11.1 Å². The van der Waals surface area contributed by atoms with Crippen molar-refractivity contribution in [2.75, 3.05) is 7.11 Å². The van der Waals surface area contributed by atoms with Crippen LogP contribution in [0, 0.1) is 11.7 Å². The smallest absolute Gasteiger partial charge is 0.196 e. The number of phenolic OH excluding ortho intramolecular Hbond substituents is 1. The molecule has 2 N–H and O–H groups in total. The molecule has 0 fully saturated rings. The number of rotatable bonds is 2. The maximum absolute atomic E-state index is 10.1. The highest BCUT2D eigenvalue weighted by Gasteiger charge is 2.18. The number of aromatic amines is 1. The van der Waals surface area contributed by atoms with Gasteiger partial charge in [-0.3, -0.25) is 0 Å². The normalized spacial score (nSPS) is 10.5. The van der Waals surface area contributed by atoms with Crippen LogP contribution in [0.4, 0.5) is 0 Å². The lowest BCUT2D eigenvalue weighted by Gasteiger charge is -2.13. The monoisotopic (exact) mass is 316 g/mol. The van der Waals surface area contributed by atoms with Crippen LogP contribution in [0.3, 0.4) is 0 Å². The maximum atomic E-state index is 10.1. The zero-order valence-corrected chi connectivity index (χ0v) is 12.4. The molecule has 1 heterocycles. The van der Waals surface area contributed by atoms with Gasteiger partial charge in [-0.15, -0.1) is 0 Å². The number of hydrogen-bond donors (Lipinski definition) is 2. The molecule has 0 aliphatic carbocycles. The molecule has 0 saturated carbocycles. The van der Waals surface area contributed by atoms with Gasteiger partial charge in [0.25, 0.3) is 0 Å². The van der Waals surface area contributed by atoms with E-state index in [2.05, 4.69) is 9.97 Å². The Balaban J connectivity index is 2.75. The lowest BCUT2D eigenvalue weighted by Crippen LogP contribution is -1.93. The first kappa shape index (κ1) is 14.1. The molecule has 1 aromatic carbocycles. The average Bonchev–Trinajstić information content (AvgIpc) is 2.38. The number of nitrogens with zero attached hydrogens (tertiary/aromatic N) is 1. The minimum atomic E-state index is -0.122. The Labute approximate surface area is 125 Å². The Morgan fingerprint density at radius 2 is 2.00 bits per heavy atom. The molecule has 0 bridgehead atoms. The number of aryl methyl sites for hydroxylation is 1. The Morgan fingerprint density at radius 3 is 2.58 bits per heavy atom. The molecule has 0 unspecified atom stereocenters. The van der Waals surface area contributed by atoms with Crippen LogP contribution in [-0.2, 0) is 0 Å². The summed E-state index contributed by atoms with van der Waals surface area (Å²) in [6.07, 6.45) is 1.56.